The van der Waals surface area contributed by atoms with Crippen LogP contribution in [0, 0.1) is 34.5 Å². The molecule has 0 radical (unpaired) electrons. The summed E-state index contributed by atoms with van der Waals surface area (Å²) in [4.78, 5) is 15.1. The minimum absolute atomic E-state index is 0.107. The Morgan fingerprint density at radius 1 is 1.23 bits per heavy atom. The third-order valence-corrected chi connectivity index (χ3v) is 8.87. The minimum atomic E-state index is -1.25. The topological polar surface area (TPSA) is 86.1 Å². The van der Waals surface area contributed by atoms with Gasteiger partial charge in [0.05, 0.1) is 0 Å². The lowest BCUT2D eigenvalue weighted by molar-refractivity contribution is -0.127. The van der Waals surface area contributed by atoms with E-state index in [0.717, 1.165) is 25.7 Å². The van der Waals surface area contributed by atoms with Crippen molar-refractivity contribution in [2.45, 2.75) is 77.9 Å². The van der Waals surface area contributed by atoms with Crippen LogP contribution in [0.3, 0.4) is 0 Å². The summed E-state index contributed by atoms with van der Waals surface area (Å²) in [5.74, 6) is 2.54. The monoisotopic (exact) mass is 357 g/mol. The Bertz CT molecular complexity index is 712. The summed E-state index contributed by atoms with van der Waals surface area (Å²) < 4.78 is 0. The highest BCUT2D eigenvalue weighted by Gasteiger charge is 2.60. The largest absolute Gasteiger partial charge is 0.383 e. The zero-order valence-electron chi connectivity index (χ0n) is 16.2. The van der Waals surface area contributed by atoms with Crippen molar-refractivity contribution in [3.8, 4) is 0 Å². The molecule has 1 N–H and O–H groups in total. The maximum Gasteiger partial charge on any atom is 0.147 e. The molecule has 0 amide bonds. The van der Waals surface area contributed by atoms with Crippen LogP contribution >= 0.6 is 0 Å². The Hall–Kier alpha value is -1.32. The average molecular weight is 357 g/mol. The van der Waals surface area contributed by atoms with E-state index in [1.54, 1.807) is 6.92 Å². The molecular formula is C21H31N3O2. The van der Waals surface area contributed by atoms with Crippen molar-refractivity contribution >= 4 is 5.78 Å². The second-order valence-electron chi connectivity index (χ2n) is 9.89. The van der Waals surface area contributed by atoms with Gasteiger partial charge in [-0.3, -0.25) is 4.79 Å². The first-order valence-electron chi connectivity index (χ1n) is 10.2. The number of nitrogens with zero attached hydrogens (tertiary/aromatic N) is 3. The number of allylic oxidation sites excluding steroid dienone is 1. The van der Waals surface area contributed by atoms with Crippen molar-refractivity contribution in [1.82, 2.24) is 0 Å². The number of fused-ring (bicyclic) bond motifs is 5. The Kier molecular flexibility index (Phi) is 4.06. The minimum Gasteiger partial charge on any atom is -0.383 e. The van der Waals surface area contributed by atoms with Gasteiger partial charge in [0.15, 0.2) is 0 Å². The fraction of sp³-hybridized carbons (Fsp3) is 0.857. The van der Waals surface area contributed by atoms with Crippen LogP contribution in [0.1, 0.15) is 72.1 Å². The molecule has 3 fully saturated rings. The van der Waals surface area contributed by atoms with Crippen LogP contribution in [0.5, 0.6) is 0 Å². The van der Waals surface area contributed by atoms with Gasteiger partial charge in [-0.2, -0.15) is 0 Å². The van der Waals surface area contributed by atoms with Crippen molar-refractivity contribution in [2.75, 3.05) is 0 Å². The Balaban J connectivity index is 1.65. The maximum atomic E-state index is 12.2. The van der Waals surface area contributed by atoms with E-state index < -0.39 is 5.72 Å². The first-order chi connectivity index (χ1) is 12.2. The molecule has 4 aliphatic carbocycles. The van der Waals surface area contributed by atoms with Crippen molar-refractivity contribution in [3.63, 3.8) is 0 Å². The third kappa shape index (κ3) is 2.40. The second-order valence-corrected chi connectivity index (χ2v) is 9.89. The lowest BCUT2D eigenvalue weighted by Crippen LogP contribution is -2.52. The average Bonchev–Trinajstić information content (AvgIpc) is 2.93. The molecule has 0 spiro atoms. The van der Waals surface area contributed by atoms with E-state index in [9.17, 15) is 9.90 Å². The van der Waals surface area contributed by atoms with Crippen molar-refractivity contribution in [2.24, 2.45) is 39.6 Å². The molecule has 3 unspecified atom stereocenters. The SMILES string of the molecule is CC(=O)[C@H]1CCC2C3CC=C4C[C@](O)(N=[N+]=[N-])CC[C@]4(C)C3CC[C@@]21C. The molecular weight excluding hydrogens is 326 g/mol. The predicted molar refractivity (Wildman–Crippen MR) is 100.0 cm³/mol. The highest BCUT2D eigenvalue weighted by molar-refractivity contribution is 5.79. The van der Waals surface area contributed by atoms with Gasteiger partial charge in [-0.25, -0.2) is 0 Å². The summed E-state index contributed by atoms with van der Waals surface area (Å²) in [5, 5.41) is 14.3. The van der Waals surface area contributed by atoms with Gasteiger partial charge in [0.1, 0.15) is 11.5 Å². The summed E-state index contributed by atoms with van der Waals surface area (Å²) >= 11 is 0. The normalized spacial score (nSPS) is 49.9. The van der Waals surface area contributed by atoms with Gasteiger partial charge in [-0.15, -0.1) is 0 Å². The van der Waals surface area contributed by atoms with Gasteiger partial charge in [0, 0.05) is 17.3 Å². The van der Waals surface area contributed by atoms with Crippen LogP contribution in [0.25, 0.3) is 10.4 Å². The molecule has 5 heteroatoms. The molecule has 0 aromatic rings. The van der Waals surface area contributed by atoms with E-state index in [1.807, 2.05) is 0 Å². The van der Waals surface area contributed by atoms with Gasteiger partial charge in [-0.1, -0.05) is 30.6 Å². The Labute approximate surface area is 155 Å². The number of hydrogen-bond donors (Lipinski definition) is 1. The van der Waals surface area contributed by atoms with Crippen LogP contribution in [-0.2, 0) is 4.79 Å². The number of Topliss-reactive ketones (excluding diaryl/α,β-unsaturated/α-hetero) is 1. The second kappa shape index (κ2) is 5.84. The summed E-state index contributed by atoms with van der Waals surface area (Å²) in [6.07, 6.45) is 9.86. The third-order valence-electron chi connectivity index (χ3n) is 8.87. The standard InChI is InChI=1S/C21H31N3O2/c1-13(25)16-6-7-17-15-5-4-14-12-21(26,23-24-22)11-10-19(14,2)18(15)8-9-20(16,17)3/h4,15-18,26H,5-12H2,1-3H3/t15?,16-,17?,18?,19+,20-,21+/m1/s1. The van der Waals surface area contributed by atoms with Crippen molar-refractivity contribution < 1.29 is 9.90 Å². The van der Waals surface area contributed by atoms with Crippen LogP contribution in [-0.4, -0.2) is 16.6 Å². The number of carbonyl (C=O) groups excluding carboxylic acids is 1. The quantitative estimate of drug-likeness (QED) is 0.320. The summed E-state index contributed by atoms with van der Waals surface area (Å²) in [7, 11) is 0. The first-order valence-corrected chi connectivity index (χ1v) is 10.2. The van der Waals surface area contributed by atoms with E-state index in [4.69, 9.17) is 5.53 Å². The van der Waals surface area contributed by atoms with E-state index in [1.165, 1.54) is 18.4 Å². The van der Waals surface area contributed by atoms with Crippen LogP contribution in [0.15, 0.2) is 16.8 Å². The zero-order chi connectivity index (χ0) is 18.7. The smallest absolute Gasteiger partial charge is 0.147 e. The molecule has 0 saturated heterocycles. The molecule has 0 heterocycles. The summed E-state index contributed by atoms with van der Waals surface area (Å²) in [5.41, 5.74) is 9.12. The highest BCUT2D eigenvalue weighted by Crippen LogP contribution is 2.66. The van der Waals surface area contributed by atoms with E-state index >= 15 is 0 Å². The van der Waals surface area contributed by atoms with E-state index in [0.29, 0.717) is 36.4 Å². The van der Waals surface area contributed by atoms with Crippen molar-refractivity contribution in [3.05, 3.63) is 22.1 Å². The highest BCUT2D eigenvalue weighted by atomic mass is 16.3. The van der Waals surface area contributed by atoms with Gasteiger partial charge in [0.25, 0.3) is 0 Å². The molecule has 0 aromatic carbocycles. The number of rotatable bonds is 2. The molecule has 142 valence electrons. The fourth-order valence-electron chi connectivity index (χ4n) is 7.47. The molecule has 7 atom stereocenters. The maximum absolute atomic E-state index is 12.2. The molecule has 0 bridgehead atoms. The molecule has 4 rings (SSSR count). The van der Waals surface area contributed by atoms with E-state index in [-0.39, 0.29) is 16.7 Å². The lowest BCUT2D eigenvalue weighted by Gasteiger charge is -2.58. The van der Waals surface area contributed by atoms with Crippen LogP contribution in [0.4, 0.5) is 0 Å². The zero-order valence-corrected chi connectivity index (χ0v) is 16.2. The number of aliphatic hydroxyl groups is 1. The van der Waals surface area contributed by atoms with Crippen LogP contribution < -0.4 is 0 Å². The molecule has 0 aromatic heterocycles. The van der Waals surface area contributed by atoms with Crippen molar-refractivity contribution in [1.29, 1.82) is 0 Å². The molecule has 0 aliphatic heterocycles. The lowest BCUT2D eigenvalue weighted by atomic mass is 9.47. The Morgan fingerprint density at radius 3 is 2.69 bits per heavy atom. The van der Waals surface area contributed by atoms with Gasteiger partial charge >= 0.3 is 0 Å². The number of carbonyl (C=O) groups is 1. The van der Waals surface area contributed by atoms with Crippen LogP contribution in [0.2, 0.25) is 0 Å². The molecule has 4 aliphatic rings. The predicted octanol–water partition coefficient (Wildman–Crippen LogP) is 5.15. The number of azide groups is 1. The molecule has 3 saturated carbocycles. The summed E-state index contributed by atoms with van der Waals surface area (Å²) in [6.45, 7) is 6.52. The Morgan fingerprint density at radius 2 is 2.00 bits per heavy atom. The van der Waals surface area contributed by atoms with E-state index in [2.05, 4.69) is 29.9 Å². The fourth-order valence-corrected chi connectivity index (χ4v) is 7.47. The number of ketones is 1. The molecule has 5 nitrogen and oxygen atoms in total. The summed E-state index contributed by atoms with van der Waals surface area (Å²) in [6, 6.07) is 0. The van der Waals surface area contributed by atoms with Gasteiger partial charge < -0.3 is 5.11 Å². The number of hydrogen-bond acceptors (Lipinski definition) is 3. The molecule has 26 heavy (non-hydrogen) atoms. The first kappa shape index (κ1) is 18.1. The van der Waals surface area contributed by atoms with Gasteiger partial charge in [-0.05, 0) is 86.0 Å². The van der Waals surface area contributed by atoms with Gasteiger partial charge in [0.2, 0.25) is 0 Å².